The van der Waals surface area contributed by atoms with Crippen molar-refractivity contribution in [1.82, 2.24) is 49.4 Å². The van der Waals surface area contributed by atoms with E-state index in [0.717, 1.165) is 45.1 Å². The fourth-order valence-electron chi connectivity index (χ4n) is 14.4. The van der Waals surface area contributed by atoms with E-state index < -0.39 is 52.8 Å². The van der Waals surface area contributed by atoms with E-state index in [0.29, 0.717) is 83.2 Å². The highest BCUT2D eigenvalue weighted by molar-refractivity contribution is 6.02. The van der Waals surface area contributed by atoms with Gasteiger partial charge in [0, 0.05) is 100 Å². The average Bonchev–Trinajstić information content (AvgIpc) is 4.35. The van der Waals surface area contributed by atoms with E-state index in [1.807, 2.05) is 0 Å². The van der Waals surface area contributed by atoms with Crippen molar-refractivity contribution < 1.29 is 41.4 Å². The number of hydrogen-bond donors (Lipinski definition) is 2. The van der Waals surface area contributed by atoms with Gasteiger partial charge >= 0.3 is 17.8 Å². The van der Waals surface area contributed by atoms with E-state index in [1.165, 1.54) is 21.3 Å². The lowest BCUT2D eigenvalue weighted by Gasteiger charge is -2.41. The molecule has 0 saturated carbocycles. The quantitative estimate of drug-likeness (QED) is 0.0772. The summed E-state index contributed by atoms with van der Waals surface area (Å²) in [6, 6.07) is 10.8. The third-order valence-electron chi connectivity index (χ3n) is 18.6. The Hall–Kier alpha value is -7.15. The molecular formula is C59H63F4N11O6. The Kier molecular flexibility index (Phi) is 13.3. The molecule has 3 aromatic heterocycles. The number of ether oxygens (including phenoxy) is 2. The highest BCUT2D eigenvalue weighted by Gasteiger charge is 2.51. The van der Waals surface area contributed by atoms with Crippen LogP contribution in [0.25, 0.3) is 44.0 Å². The van der Waals surface area contributed by atoms with Crippen molar-refractivity contribution in [3.8, 4) is 29.6 Å². The molecule has 10 heterocycles. The second kappa shape index (κ2) is 20.4. The number of nitrogens with zero attached hydrogens (tertiary/aromatic N) is 9. The van der Waals surface area contributed by atoms with Gasteiger partial charge in [-0.1, -0.05) is 30.2 Å². The summed E-state index contributed by atoms with van der Waals surface area (Å²) in [6.07, 6.45) is 14.0. The van der Waals surface area contributed by atoms with Gasteiger partial charge < -0.3 is 29.5 Å². The summed E-state index contributed by atoms with van der Waals surface area (Å²) in [7, 11) is 1.58. The van der Waals surface area contributed by atoms with E-state index in [2.05, 4.69) is 36.2 Å². The second-order valence-electron chi connectivity index (χ2n) is 23.3. The van der Waals surface area contributed by atoms with Crippen LogP contribution < -0.4 is 26.0 Å². The molecule has 5 atom stereocenters. The van der Waals surface area contributed by atoms with Crippen molar-refractivity contribution >= 4 is 56.4 Å². The Bertz CT molecular complexity index is 3600. The van der Waals surface area contributed by atoms with Gasteiger partial charge in [-0.15, -0.1) is 6.42 Å². The summed E-state index contributed by atoms with van der Waals surface area (Å²) in [4.78, 5) is 73.9. The predicted octanol–water partition coefficient (Wildman–Crippen LogP) is 7.01. The van der Waals surface area contributed by atoms with E-state index in [-0.39, 0.29) is 111 Å². The van der Waals surface area contributed by atoms with E-state index in [9.17, 15) is 19.2 Å². The molecule has 3 amide bonds. The molecule has 7 aliphatic rings. The minimum absolute atomic E-state index is 0.0110. The Morgan fingerprint density at radius 2 is 1.68 bits per heavy atom. The maximum atomic E-state index is 17.2. The number of piperidine rings is 3. The summed E-state index contributed by atoms with van der Waals surface area (Å²) in [5.74, 6) is 0.104. The maximum Gasteiger partial charge on any atom is 0.409 e. The predicted molar refractivity (Wildman–Crippen MR) is 290 cm³/mol. The molecule has 7 aliphatic heterocycles. The number of fused-ring (bicyclic) bond motifs is 6. The molecular weight excluding hydrogens is 1030 g/mol. The number of hydrogen-bond acceptors (Lipinski definition) is 13. The minimum atomic E-state index is -1.51. The van der Waals surface area contributed by atoms with E-state index in [1.54, 1.807) is 48.5 Å². The number of carbonyl (C=O) groups excluding carboxylic acids is 3. The second-order valence-corrected chi connectivity index (χ2v) is 23.3. The fourth-order valence-corrected chi connectivity index (χ4v) is 14.4. The number of carbonyl (C=O) groups is 3. The third kappa shape index (κ3) is 9.20. The summed E-state index contributed by atoms with van der Waals surface area (Å²) >= 11 is 0. The lowest BCUT2D eigenvalue weighted by Crippen LogP contribution is -2.51. The van der Waals surface area contributed by atoms with Crippen molar-refractivity contribution in [2.24, 2.45) is 7.05 Å². The van der Waals surface area contributed by atoms with Gasteiger partial charge in [-0.2, -0.15) is 9.97 Å². The largest absolute Gasteiger partial charge is 0.461 e. The molecule has 6 aromatic rings. The summed E-state index contributed by atoms with van der Waals surface area (Å²) < 4.78 is 80.0. The molecule has 7 fully saturated rings. The number of piperazine rings is 1. The number of amides is 3. The molecule has 418 valence electrons. The Balaban J connectivity index is 0.634. The molecule has 80 heavy (non-hydrogen) atoms. The number of anilines is 1. The number of aromatic nitrogens is 5. The number of imide groups is 1. The first kappa shape index (κ1) is 52.2. The molecule has 3 aromatic carbocycles. The van der Waals surface area contributed by atoms with Crippen LogP contribution in [0, 0.1) is 29.8 Å². The number of terminal acetylenes is 1. The van der Waals surface area contributed by atoms with Gasteiger partial charge in [0.05, 0.1) is 27.5 Å². The van der Waals surface area contributed by atoms with Gasteiger partial charge in [0.1, 0.15) is 53.6 Å². The Morgan fingerprint density at radius 1 is 0.887 bits per heavy atom. The normalized spacial score (nSPS) is 25.4. The summed E-state index contributed by atoms with van der Waals surface area (Å²) in [5, 5.41) is 7.42. The fraction of sp³-hybridized carbons (Fsp3) is 0.508. The van der Waals surface area contributed by atoms with Gasteiger partial charge in [-0.25, -0.2) is 27.2 Å². The minimum Gasteiger partial charge on any atom is -0.461 e. The monoisotopic (exact) mass is 1100 g/mol. The van der Waals surface area contributed by atoms with E-state index in [4.69, 9.17) is 25.9 Å². The highest BCUT2D eigenvalue weighted by atomic mass is 19.1. The molecule has 0 aliphatic carbocycles. The number of pyridine rings is 1. The van der Waals surface area contributed by atoms with Crippen LogP contribution >= 0.6 is 0 Å². The smallest absolute Gasteiger partial charge is 0.409 e. The molecule has 7 saturated heterocycles. The van der Waals surface area contributed by atoms with Crippen LogP contribution in [0.1, 0.15) is 100 Å². The average molecular weight is 1100 g/mol. The van der Waals surface area contributed by atoms with Crippen molar-refractivity contribution in [3.63, 3.8) is 0 Å². The maximum absolute atomic E-state index is 17.2. The number of nitrogens with one attached hydrogen (secondary N) is 2. The van der Waals surface area contributed by atoms with Gasteiger partial charge in [-0.3, -0.25) is 33.9 Å². The highest BCUT2D eigenvalue weighted by Crippen LogP contribution is 2.44. The zero-order valence-electron chi connectivity index (χ0n) is 44.6. The number of halogens is 4. The molecule has 13 rings (SSSR count). The van der Waals surface area contributed by atoms with Crippen molar-refractivity contribution in [2.75, 3.05) is 70.5 Å². The first-order chi connectivity index (χ1) is 38.7. The molecule has 21 heteroatoms. The zero-order valence-corrected chi connectivity index (χ0v) is 44.6. The first-order valence-electron chi connectivity index (χ1n) is 28.2. The van der Waals surface area contributed by atoms with Gasteiger partial charge in [0.2, 0.25) is 11.8 Å². The molecule has 1 unspecified atom stereocenters. The van der Waals surface area contributed by atoms with Gasteiger partial charge in [-0.05, 0) is 106 Å². The first-order valence-corrected chi connectivity index (χ1v) is 28.2. The lowest BCUT2D eigenvalue weighted by molar-refractivity contribution is -0.135. The third-order valence-corrected chi connectivity index (χ3v) is 18.6. The van der Waals surface area contributed by atoms with E-state index >= 15 is 17.6 Å². The molecule has 17 nitrogen and oxygen atoms in total. The summed E-state index contributed by atoms with van der Waals surface area (Å²) in [6.45, 7) is 4.28. The van der Waals surface area contributed by atoms with Crippen LogP contribution in [0.3, 0.4) is 0 Å². The Labute approximate surface area is 459 Å². The van der Waals surface area contributed by atoms with Crippen molar-refractivity contribution in [1.29, 1.82) is 0 Å². The van der Waals surface area contributed by atoms with Gasteiger partial charge in [0.15, 0.2) is 5.82 Å². The lowest BCUT2D eigenvalue weighted by atomic mass is 9.87. The number of aryl methyl sites for hydroxylation is 1. The van der Waals surface area contributed by atoms with Crippen LogP contribution in [-0.4, -0.2) is 152 Å². The van der Waals surface area contributed by atoms with Crippen LogP contribution in [0.5, 0.6) is 6.01 Å². The van der Waals surface area contributed by atoms with Crippen LogP contribution in [0.2, 0.25) is 0 Å². The summed E-state index contributed by atoms with van der Waals surface area (Å²) in [5.41, 5.74) is -0.682. The number of alkyl halides is 1. The molecule has 0 radical (unpaired) electrons. The zero-order chi connectivity index (χ0) is 55.2. The number of rotatable bonds is 11. The molecule has 2 N–H and O–H groups in total. The van der Waals surface area contributed by atoms with Crippen LogP contribution in [0.4, 0.5) is 28.2 Å². The standard InChI is InChI=1S/C59H63F4N11O6/c1-3-39-43(60)11-8-35-6-4-7-40(49(35)39)51-50(62)52-42(28-64-51)53(72-29-36-9-10-37(30-72)65-36)68-55(67-52)80-33-59-17-5-21-73(59)38(14-18-59)31-79-57(78)71-24-19-58(63,20-25-71)32-70-22-15-34(16-23-70)41-26-46-47(27-44(41)61)74(56(77)69(46)2)45-12-13-48(75)66-54(45)76/h1,4,6-8,11,26-28,34,36-38,45,65H,5,9-10,12-25,29-33H2,2H3,(H,66,75,76)/t36-,37+,38-,45?,59-/m0/s1. The molecule has 2 bridgehead atoms. The number of benzene rings is 3. The van der Waals surface area contributed by atoms with Gasteiger partial charge in [0.25, 0.3) is 0 Å². The van der Waals surface area contributed by atoms with Crippen LogP contribution in [-0.2, 0) is 21.4 Å². The topological polar surface area (TPSA) is 172 Å². The van der Waals surface area contributed by atoms with Crippen molar-refractivity contribution in [3.05, 3.63) is 87.7 Å². The molecule has 0 spiro atoms. The number of imidazole rings is 1. The van der Waals surface area contributed by atoms with Crippen LogP contribution in [0.15, 0.2) is 53.5 Å². The number of likely N-dealkylation sites (tertiary alicyclic amines) is 2. The van der Waals surface area contributed by atoms with Crippen molar-refractivity contribution in [2.45, 2.75) is 118 Å². The SMILES string of the molecule is C#Cc1c(F)ccc2cccc(-c3ncc4c(N5C[C@H]6CC[C@@H](C5)N6)nc(OC[C@@]56CCCN5[C@H](COC(=O)N5CCC(F)(CN7CCC(c8cc9c(cc8F)n(C8CCC(=O)NC8=O)c(=O)n9C)CC7)CC5)CC6)nc4c3F)c12. The Morgan fingerprint density at radius 3 is 2.44 bits per heavy atom.